The smallest absolute Gasteiger partial charge is 0.308 e. The molecule has 0 saturated carbocycles. The number of aromatic amines is 1. The van der Waals surface area contributed by atoms with Gasteiger partial charge >= 0.3 is 18.1 Å². The van der Waals surface area contributed by atoms with Crippen molar-refractivity contribution in [1.82, 2.24) is 5.27 Å². The quantitative estimate of drug-likeness (QED) is 0.676. The average Bonchev–Trinajstić information content (AvgIpc) is 3.15. The number of halogens is 3. The van der Waals surface area contributed by atoms with Gasteiger partial charge in [0.1, 0.15) is 7.85 Å². The van der Waals surface area contributed by atoms with Gasteiger partial charge in [0.25, 0.3) is 6.20 Å². The van der Waals surface area contributed by atoms with E-state index in [0.29, 0.717) is 0 Å². The van der Waals surface area contributed by atoms with E-state index in [9.17, 15) is 18.0 Å². The molecule has 1 heterocycles. The molecule has 2 radical (unpaired) electrons. The zero-order chi connectivity index (χ0) is 20.6. The molecule has 0 bridgehead atoms. The number of carbonyl (C=O) groups is 1. The molecule has 3 N–H and O–H groups in total. The van der Waals surface area contributed by atoms with Crippen LogP contribution in [0.2, 0.25) is 0 Å². The highest BCUT2D eigenvalue weighted by atomic mass is 19.4. The fourth-order valence-corrected chi connectivity index (χ4v) is 2.05. The maximum Gasteiger partial charge on any atom is 0.416 e. The Kier molecular flexibility index (Phi) is 7.19. The maximum atomic E-state index is 12.5. The zero-order valence-corrected chi connectivity index (χ0v) is 14.9. The summed E-state index contributed by atoms with van der Waals surface area (Å²) in [6.45, 7) is 2.13. The van der Waals surface area contributed by atoms with E-state index in [-0.39, 0.29) is 11.6 Å². The normalized spacial score (nSPS) is 10.6. The number of urea groups is 1. The molecule has 0 fully saturated rings. The van der Waals surface area contributed by atoms with Gasteiger partial charge in [-0.1, -0.05) is 47.8 Å². The van der Waals surface area contributed by atoms with Crippen molar-refractivity contribution in [2.24, 2.45) is 0 Å². The zero-order valence-electron chi connectivity index (χ0n) is 14.9. The van der Waals surface area contributed by atoms with Gasteiger partial charge in [-0.25, -0.2) is 4.79 Å². The first-order valence-electron chi connectivity index (χ1n) is 8.20. The van der Waals surface area contributed by atoms with Gasteiger partial charge < -0.3 is 5.32 Å². The summed E-state index contributed by atoms with van der Waals surface area (Å²) in [7, 11) is 5.48. The molecule has 3 rings (SSSR count). The molecule has 144 valence electrons. The van der Waals surface area contributed by atoms with Crippen LogP contribution in [0.1, 0.15) is 18.1 Å². The van der Waals surface area contributed by atoms with Crippen molar-refractivity contribution in [3.05, 3.63) is 65.9 Å². The van der Waals surface area contributed by atoms with E-state index < -0.39 is 17.8 Å². The van der Waals surface area contributed by atoms with E-state index in [1.54, 1.807) is 0 Å². The fourth-order valence-electron chi connectivity index (χ4n) is 2.05. The lowest BCUT2D eigenvalue weighted by atomic mass is 9.95. The van der Waals surface area contributed by atoms with Crippen molar-refractivity contribution in [3.63, 3.8) is 0 Å². The Bertz CT molecular complexity index is 885. The van der Waals surface area contributed by atoms with Crippen LogP contribution >= 0.6 is 0 Å². The molecule has 0 unspecified atom stereocenters. The third kappa shape index (κ3) is 6.78. The number of benzene rings is 2. The second-order valence-electron chi connectivity index (χ2n) is 5.57. The topological polar surface area (TPSA) is 81.3 Å². The second kappa shape index (κ2) is 9.59. The number of aryl methyl sites for hydroxylation is 1. The number of anilines is 2. The van der Waals surface area contributed by atoms with Crippen molar-refractivity contribution in [2.45, 2.75) is 19.5 Å². The maximum absolute atomic E-state index is 12.5. The lowest BCUT2D eigenvalue weighted by molar-refractivity contribution is -0.471. The van der Waals surface area contributed by atoms with E-state index in [4.69, 9.17) is 7.85 Å². The Labute approximate surface area is 160 Å². The van der Waals surface area contributed by atoms with Gasteiger partial charge in [0, 0.05) is 5.69 Å². The molecule has 0 spiro atoms. The van der Waals surface area contributed by atoms with Gasteiger partial charge in [-0.2, -0.15) is 13.2 Å². The molecule has 6 nitrogen and oxygen atoms in total. The van der Waals surface area contributed by atoms with Crippen molar-refractivity contribution in [3.8, 4) is 0 Å². The molecular formula is C18H17BF3N4O2+. The number of alkyl halides is 3. The molecule has 2 amide bonds. The molecule has 0 aliphatic carbocycles. The molecule has 2 aromatic carbocycles. The summed E-state index contributed by atoms with van der Waals surface area (Å²) in [5.41, 5.74) is 1.34. The van der Waals surface area contributed by atoms with Gasteiger partial charge in [-0.05, 0) is 30.2 Å². The number of H-pyrrole nitrogens is 1. The predicted molar refractivity (Wildman–Crippen MR) is 98.4 cm³/mol. The van der Waals surface area contributed by atoms with E-state index in [1.165, 1.54) is 23.9 Å². The molecule has 1 aromatic heterocycles. The van der Waals surface area contributed by atoms with E-state index in [1.807, 2.05) is 12.1 Å². The van der Waals surface area contributed by atoms with Crippen LogP contribution in [0.25, 0.3) is 0 Å². The third-order valence-corrected chi connectivity index (χ3v) is 3.46. The van der Waals surface area contributed by atoms with E-state index in [2.05, 4.69) is 44.6 Å². The first-order chi connectivity index (χ1) is 13.3. The average molecular weight is 389 g/mol. The van der Waals surface area contributed by atoms with E-state index in [0.717, 1.165) is 24.0 Å². The number of nitrogens with one attached hydrogen (secondary N) is 3. The van der Waals surface area contributed by atoms with Crippen molar-refractivity contribution < 1.29 is 27.6 Å². The minimum Gasteiger partial charge on any atom is -0.308 e. The minimum absolute atomic E-state index is 0.0100. The van der Waals surface area contributed by atoms with Gasteiger partial charge in [0.05, 0.1) is 5.56 Å². The summed E-state index contributed by atoms with van der Waals surface area (Å²) >= 11 is 0. The summed E-state index contributed by atoms with van der Waals surface area (Å²) in [5, 5.41) is 10.0. The number of nitrogens with zero attached hydrogens (tertiary/aromatic N) is 1. The number of aromatic nitrogens is 2. The Morgan fingerprint density at radius 2 is 1.89 bits per heavy atom. The Balaban J connectivity index is 0.000000261. The van der Waals surface area contributed by atoms with Crippen LogP contribution in [0, 0.1) is 0 Å². The first kappa shape index (κ1) is 21.0. The highest BCUT2D eigenvalue weighted by molar-refractivity contribution is 6.32. The summed E-state index contributed by atoms with van der Waals surface area (Å²) in [5.74, 6) is 0.0319. The Morgan fingerprint density at radius 3 is 2.46 bits per heavy atom. The fraction of sp³-hybridized carbons (Fsp3) is 0.167. The summed E-state index contributed by atoms with van der Waals surface area (Å²) in [6.07, 6.45) is -2.11. The molecular weight excluding hydrogens is 372 g/mol. The molecule has 0 saturated heterocycles. The number of hydrogen-bond acceptors (Lipinski definition) is 3. The monoisotopic (exact) mass is 389 g/mol. The summed E-state index contributed by atoms with van der Waals surface area (Å²) in [6, 6.07) is 11.5. The Morgan fingerprint density at radius 1 is 1.18 bits per heavy atom. The summed E-state index contributed by atoms with van der Waals surface area (Å²) in [4.78, 5) is 11.4. The van der Waals surface area contributed by atoms with Crippen LogP contribution in [-0.4, -0.2) is 19.1 Å². The number of hydrogen-bond donors (Lipinski definition) is 2. The van der Waals surface area contributed by atoms with Gasteiger partial charge in [0.15, 0.2) is 5.27 Å². The van der Waals surface area contributed by atoms with Gasteiger partial charge in [0.2, 0.25) is 0 Å². The second-order valence-corrected chi connectivity index (χ2v) is 5.57. The number of amides is 2. The van der Waals surface area contributed by atoms with Gasteiger partial charge in [-0.15, -0.1) is 0 Å². The molecule has 3 aromatic rings. The van der Waals surface area contributed by atoms with Gasteiger partial charge in [-0.3, -0.25) is 9.84 Å². The largest absolute Gasteiger partial charge is 0.416 e. The minimum atomic E-state index is -4.46. The van der Waals surface area contributed by atoms with Crippen molar-refractivity contribution in [1.29, 1.82) is 0 Å². The number of carbonyl (C=O) groups excluding carboxylic acids is 1. The molecule has 10 heteroatoms. The van der Waals surface area contributed by atoms with Crippen molar-refractivity contribution >= 4 is 30.9 Å². The molecule has 0 aliphatic rings. The lowest BCUT2D eigenvalue weighted by Gasteiger charge is -2.09. The first-order valence-corrected chi connectivity index (χ1v) is 8.20. The molecule has 0 aliphatic heterocycles. The predicted octanol–water partition coefficient (Wildman–Crippen LogP) is 3.19. The SMILES string of the molecule is O=C(Nc1cccc(C(F)(F)F)c1)Nc1c[nH+]no1.[B]c1ccc(CC)cc1. The Hall–Kier alpha value is -3.30. The molecule has 28 heavy (non-hydrogen) atoms. The highest BCUT2D eigenvalue weighted by Gasteiger charge is 2.30. The van der Waals surface area contributed by atoms with Crippen LogP contribution in [0.3, 0.4) is 0 Å². The molecule has 0 atom stereocenters. The number of rotatable bonds is 3. The lowest BCUT2D eigenvalue weighted by Crippen LogP contribution is -2.19. The highest BCUT2D eigenvalue weighted by Crippen LogP contribution is 2.30. The van der Waals surface area contributed by atoms with Crippen LogP contribution in [0.5, 0.6) is 0 Å². The summed E-state index contributed by atoms with van der Waals surface area (Å²) < 4.78 is 41.9. The van der Waals surface area contributed by atoms with Crippen molar-refractivity contribution in [2.75, 3.05) is 10.6 Å². The van der Waals surface area contributed by atoms with E-state index >= 15 is 0 Å². The van der Waals surface area contributed by atoms with Crippen LogP contribution in [0.4, 0.5) is 29.5 Å². The van der Waals surface area contributed by atoms with Crippen LogP contribution < -0.4 is 21.2 Å². The van der Waals surface area contributed by atoms with Crippen LogP contribution in [-0.2, 0) is 12.6 Å². The van der Waals surface area contributed by atoms with Crippen LogP contribution in [0.15, 0.2) is 59.3 Å². The third-order valence-electron chi connectivity index (χ3n) is 3.46. The standard InChI is InChI=1S/C10H7F3N4O2.C8H9B/c11-10(12,13)6-2-1-3-7(4-6)15-9(18)16-8-5-14-17-19-8;1-2-7-3-5-8(9)6-4-7/h1-5H,(H2,15,16,18);3-6H,2H2,1H3/p+1.